The highest BCUT2D eigenvalue weighted by Gasteiger charge is 2.23. The third-order valence-corrected chi connectivity index (χ3v) is 3.01. The molecule has 0 amide bonds. The predicted octanol–water partition coefficient (Wildman–Crippen LogP) is 2.67. The maximum atomic E-state index is 12.2. The molecule has 0 radical (unpaired) electrons. The second kappa shape index (κ2) is 6.41. The largest absolute Gasteiger partial charge is 0.469 e. The van der Waals surface area contributed by atoms with Crippen molar-refractivity contribution in [3.8, 4) is 5.75 Å². The summed E-state index contributed by atoms with van der Waals surface area (Å²) < 4.78 is 32.8. The molecule has 0 aliphatic carbocycles. The summed E-state index contributed by atoms with van der Waals surface area (Å²) in [6, 6.07) is 2.01. The molecule has 0 saturated carbocycles. The van der Waals surface area contributed by atoms with Crippen LogP contribution >= 0.6 is 15.9 Å². The number of rotatable bonds is 5. The van der Waals surface area contributed by atoms with Gasteiger partial charge in [-0.1, -0.05) is 0 Å². The number of alkyl halides is 2. The van der Waals surface area contributed by atoms with Crippen molar-refractivity contribution in [2.75, 3.05) is 7.11 Å². The predicted molar refractivity (Wildman–Crippen MR) is 63.1 cm³/mol. The summed E-state index contributed by atoms with van der Waals surface area (Å²) in [5, 5.41) is 10.8. The lowest BCUT2D eigenvalue weighted by atomic mass is 10.1. The third-order valence-electron chi connectivity index (χ3n) is 2.14. The number of carbonyl (C=O) groups excluding carboxylic acids is 1. The molecule has 6 nitrogen and oxygen atoms in total. The van der Waals surface area contributed by atoms with E-state index in [1.807, 2.05) is 0 Å². The van der Waals surface area contributed by atoms with Gasteiger partial charge in [-0.05, 0) is 22.0 Å². The van der Waals surface area contributed by atoms with E-state index in [0.717, 1.165) is 19.2 Å². The number of nitro benzene ring substituents is 1. The molecular weight excluding hydrogens is 332 g/mol. The monoisotopic (exact) mass is 339 g/mol. The molecule has 1 aromatic rings. The Labute approximate surface area is 114 Å². The SMILES string of the molecule is COC(=O)Cc1c([N+](=O)[O-])ccc(OC(F)F)c1Br. The van der Waals surface area contributed by atoms with Crippen LogP contribution in [0, 0.1) is 10.1 Å². The zero-order valence-corrected chi connectivity index (χ0v) is 11.1. The lowest BCUT2D eigenvalue weighted by molar-refractivity contribution is -0.385. The number of methoxy groups -OCH3 is 1. The highest BCUT2D eigenvalue weighted by molar-refractivity contribution is 9.10. The minimum absolute atomic E-state index is 0.0765. The van der Waals surface area contributed by atoms with Gasteiger partial charge in [0.2, 0.25) is 0 Å². The topological polar surface area (TPSA) is 78.7 Å². The molecule has 9 heteroatoms. The number of ether oxygens (including phenoxy) is 2. The first-order valence-corrected chi connectivity index (χ1v) is 5.63. The molecule has 0 N–H and O–H groups in total. The Bertz CT molecular complexity index is 509. The molecule has 0 aromatic heterocycles. The van der Waals surface area contributed by atoms with Gasteiger partial charge in [-0.25, -0.2) is 0 Å². The molecule has 0 atom stereocenters. The van der Waals surface area contributed by atoms with E-state index in [-0.39, 0.29) is 21.5 Å². The number of esters is 1. The van der Waals surface area contributed by atoms with Crippen molar-refractivity contribution in [1.82, 2.24) is 0 Å². The number of nitrogens with zero attached hydrogens (tertiary/aromatic N) is 1. The molecule has 0 saturated heterocycles. The molecule has 19 heavy (non-hydrogen) atoms. The van der Waals surface area contributed by atoms with Crippen molar-refractivity contribution in [3.05, 3.63) is 32.3 Å². The van der Waals surface area contributed by atoms with Crippen molar-refractivity contribution < 1.29 is 28.0 Å². The van der Waals surface area contributed by atoms with E-state index in [4.69, 9.17) is 0 Å². The standard InChI is InChI=1S/C10H8BrF2NO5/c1-18-8(15)4-5-6(14(16)17)2-3-7(9(5)11)19-10(12)13/h2-3,10H,4H2,1H3. The molecular formula is C10H8BrF2NO5. The molecule has 0 aliphatic rings. The van der Waals surface area contributed by atoms with Gasteiger partial charge in [-0.2, -0.15) is 8.78 Å². The second-order valence-corrected chi connectivity index (χ2v) is 4.06. The maximum absolute atomic E-state index is 12.2. The zero-order chi connectivity index (χ0) is 14.6. The Morgan fingerprint density at radius 3 is 2.63 bits per heavy atom. The van der Waals surface area contributed by atoms with E-state index >= 15 is 0 Å². The van der Waals surface area contributed by atoms with Gasteiger partial charge in [0, 0.05) is 6.07 Å². The van der Waals surface area contributed by atoms with Crippen LogP contribution in [-0.4, -0.2) is 24.6 Å². The van der Waals surface area contributed by atoms with Crippen molar-refractivity contribution in [2.45, 2.75) is 13.0 Å². The van der Waals surface area contributed by atoms with E-state index in [9.17, 15) is 23.7 Å². The fraction of sp³-hybridized carbons (Fsp3) is 0.300. The molecule has 0 heterocycles. The molecule has 1 aromatic carbocycles. The van der Waals surface area contributed by atoms with Crippen LogP contribution in [0.5, 0.6) is 5.75 Å². The van der Waals surface area contributed by atoms with Crippen LogP contribution in [-0.2, 0) is 16.0 Å². The number of carbonyl (C=O) groups is 1. The summed E-state index contributed by atoms with van der Waals surface area (Å²) in [4.78, 5) is 21.3. The van der Waals surface area contributed by atoms with Gasteiger partial charge in [-0.15, -0.1) is 0 Å². The first-order valence-electron chi connectivity index (χ1n) is 4.84. The van der Waals surface area contributed by atoms with Gasteiger partial charge >= 0.3 is 12.6 Å². The summed E-state index contributed by atoms with van der Waals surface area (Å²) >= 11 is 2.92. The highest BCUT2D eigenvalue weighted by atomic mass is 79.9. The van der Waals surface area contributed by atoms with Gasteiger partial charge in [0.05, 0.1) is 28.5 Å². The number of hydrogen-bond donors (Lipinski definition) is 0. The number of hydrogen-bond acceptors (Lipinski definition) is 5. The molecule has 0 unspecified atom stereocenters. The Kier molecular flexibility index (Phi) is 5.16. The first kappa shape index (κ1) is 15.3. The maximum Gasteiger partial charge on any atom is 0.387 e. The Hall–Kier alpha value is -1.77. The number of benzene rings is 1. The summed E-state index contributed by atoms with van der Waals surface area (Å²) in [6.45, 7) is -3.08. The van der Waals surface area contributed by atoms with Gasteiger partial charge in [-0.3, -0.25) is 14.9 Å². The van der Waals surface area contributed by atoms with Crippen molar-refractivity contribution in [2.24, 2.45) is 0 Å². The fourth-order valence-corrected chi connectivity index (χ4v) is 1.90. The molecule has 0 fully saturated rings. The summed E-state index contributed by atoms with van der Waals surface area (Å²) in [5.41, 5.74) is -0.478. The lowest BCUT2D eigenvalue weighted by Gasteiger charge is -2.10. The third kappa shape index (κ3) is 3.85. The normalized spacial score (nSPS) is 10.4. The van der Waals surface area contributed by atoms with Gasteiger partial charge in [0.25, 0.3) is 5.69 Å². The summed E-state index contributed by atoms with van der Waals surface area (Å²) in [5.74, 6) is -1.03. The average Bonchev–Trinajstić information content (AvgIpc) is 2.33. The smallest absolute Gasteiger partial charge is 0.387 e. The minimum Gasteiger partial charge on any atom is -0.469 e. The summed E-state index contributed by atoms with van der Waals surface area (Å²) in [6.07, 6.45) is -0.437. The van der Waals surface area contributed by atoms with E-state index in [1.54, 1.807) is 0 Å². The van der Waals surface area contributed by atoms with Crippen LogP contribution in [0.15, 0.2) is 16.6 Å². The molecule has 0 bridgehead atoms. The van der Waals surface area contributed by atoms with E-state index in [1.165, 1.54) is 0 Å². The molecule has 1 rings (SSSR count). The first-order chi connectivity index (χ1) is 8.86. The Morgan fingerprint density at radius 1 is 1.53 bits per heavy atom. The van der Waals surface area contributed by atoms with Crippen LogP contribution < -0.4 is 4.74 Å². The Balaban J connectivity index is 3.27. The Morgan fingerprint density at radius 2 is 2.16 bits per heavy atom. The van der Waals surface area contributed by atoms with E-state index < -0.39 is 23.9 Å². The molecule has 0 aliphatic heterocycles. The number of nitro groups is 1. The second-order valence-electron chi connectivity index (χ2n) is 3.26. The van der Waals surface area contributed by atoms with Crippen LogP contribution in [0.1, 0.15) is 5.56 Å². The lowest BCUT2D eigenvalue weighted by Crippen LogP contribution is -2.09. The van der Waals surface area contributed by atoms with Crippen LogP contribution in [0.4, 0.5) is 14.5 Å². The average molecular weight is 340 g/mol. The van der Waals surface area contributed by atoms with Crippen LogP contribution in [0.2, 0.25) is 0 Å². The van der Waals surface area contributed by atoms with E-state index in [0.29, 0.717) is 0 Å². The van der Waals surface area contributed by atoms with Crippen molar-refractivity contribution >= 4 is 27.6 Å². The molecule has 104 valence electrons. The van der Waals surface area contributed by atoms with E-state index in [2.05, 4.69) is 25.4 Å². The minimum atomic E-state index is -3.08. The fourth-order valence-electron chi connectivity index (χ4n) is 1.33. The van der Waals surface area contributed by atoms with Crippen LogP contribution in [0.3, 0.4) is 0 Å². The van der Waals surface area contributed by atoms with Gasteiger partial charge in [0.1, 0.15) is 5.75 Å². The highest BCUT2D eigenvalue weighted by Crippen LogP contribution is 2.36. The van der Waals surface area contributed by atoms with Crippen LogP contribution in [0.25, 0.3) is 0 Å². The van der Waals surface area contributed by atoms with Crippen molar-refractivity contribution in [1.29, 1.82) is 0 Å². The zero-order valence-electron chi connectivity index (χ0n) is 9.56. The van der Waals surface area contributed by atoms with Gasteiger partial charge < -0.3 is 9.47 Å². The van der Waals surface area contributed by atoms with Crippen molar-refractivity contribution in [3.63, 3.8) is 0 Å². The number of halogens is 3. The molecule has 0 spiro atoms. The quantitative estimate of drug-likeness (QED) is 0.468. The van der Waals surface area contributed by atoms with Gasteiger partial charge in [0.15, 0.2) is 0 Å². The summed E-state index contributed by atoms with van der Waals surface area (Å²) in [7, 11) is 1.11.